The second-order valence-corrected chi connectivity index (χ2v) is 5.89. The van der Waals surface area contributed by atoms with Gasteiger partial charge in [0.1, 0.15) is 0 Å². The topological polar surface area (TPSA) is 26.0 Å². The molecule has 0 saturated heterocycles. The van der Waals surface area contributed by atoms with Gasteiger partial charge in [0.25, 0.3) is 0 Å². The second-order valence-electron chi connectivity index (χ2n) is 5.89. The van der Waals surface area contributed by atoms with Gasteiger partial charge >= 0.3 is 0 Å². The van der Waals surface area contributed by atoms with E-state index in [4.69, 9.17) is 5.73 Å². The van der Waals surface area contributed by atoms with Crippen LogP contribution in [0.4, 0.5) is 0 Å². The minimum Gasteiger partial charge on any atom is -0.325 e. The molecule has 3 unspecified atom stereocenters. The standard InChI is InChI=1S/C16H29N/c1-5-10-14(3)16(12-8-7-9-13-16)15(4,17)11-6-2/h7-9,12,14H,5-6,10-11,13,17H2,1-4H3. The molecule has 0 bridgehead atoms. The molecule has 0 aromatic heterocycles. The maximum Gasteiger partial charge on any atom is 0.0223 e. The van der Waals surface area contributed by atoms with Crippen LogP contribution in [0.1, 0.15) is 59.8 Å². The van der Waals surface area contributed by atoms with Gasteiger partial charge in [-0.25, -0.2) is 0 Å². The first-order valence-corrected chi connectivity index (χ1v) is 7.13. The molecule has 98 valence electrons. The molecule has 0 amide bonds. The van der Waals surface area contributed by atoms with Crippen molar-refractivity contribution in [3.63, 3.8) is 0 Å². The van der Waals surface area contributed by atoms with Gasteiger partial charge in [0.15, 0.2) is 0 Å². The van der Waals surface area contributed by atoms with Crippen molar-refractivity contribution in [2.24, 2.45) is 17.1 Å². The Morgan fingerprint density at radius 2 is 2.00 bits per heavy atom. The van der Waals surface area contributed by atoms with Crippen molar-refractivity contribution in [2.45, 2.75) is 65.3 Å². The van der Waals surface area contributed by atoms with Crippen molar-refractivity contribution in [1.29, 1.82) is 0 Å². The first kappa shape index (κ1) is 14.5. The zero-order valence-electron chi connectivity index (χ0n) is 12.0. The molecule has 1 rings (SSSR count). The molecule has 0 spiro atoms. The van der Waals surface area contributed by atoms with E-state index in [1.54, 1.807) is 0 Å². The number of hydrogen-bond donors (Lipinski definition) is 1. The van der Waals surface area contributed by atoms with E-state index in [9.17, 15) is 0 Å². The molecule has 3 atom stereocenters. The summed E-state index contributed by atoms with van der Waals surface area (Å²) in [5.41, 5.74) is 6.73. The third-order valence-electron chi connectivity index (χ3n) is 4.53. The summed E-state index contributed by atoms with van der Waals surface area (Å²) in [5, 5.41) is 0. The highest BCUT2D eigenvalue weighted by atomic mass is 14.8. The van der Waals surface area contributed by atoms with E-state index in [1.165, 1.54) is 12.8 Å². The van der Waals surface area contributed by atoms with E-state index in [2.05, 4.69) is 52.0 Å². The van der Waals surface area contributed by atoms with E-state index in [0.29, 0.717) is 5.92 Å². The van der Waals surface area contributed by atoms with Crippen LogP contribution in [0.15, 0.2) is 24.3 Å². The second kappa shape index (κ2) is 5.86. The van der Waals surface area contributed by atoms with Crippen LogP contribution in [0, 0.1) is 11.3 Å². The monoisotopic (exact) mass is 235 g/mol. The van der Waals surface area contributed by atoms with Crippen molar-refractivity contribution in [3.8, 4) is 0 Å². The van der Waals surface area contributed by atoms with Crippen LogP contribution in [-0.2, 0) is 0 Å². The molecule has 1 nitrogen and oxygen atoms in total. The minimum atomic E-state index is -0.0996. The van der Waals surface area contributed by atoms with E-state index in [-0.39, 0.29) is 11.0 Å². The van der Waals surface area contributed by atoms with Crippen molar-refractivity contribution >= 4 is 0 Å². The summed E-state index contributed by atoms with van der Waals surface area (Å²) >= 11 is 0. The first-order chi connectivity index (χ1) is 8.00. The minimum absolute atomic E-state index is 0.0996. The molecule has 0 aromatic rings. The maximum absolute atomic E-state index is 6.68. The molecule has 0 aromatic carbocycles. The summed E-state index contributed by atoms with van der Waals surface area (Å²) in [7, 11) is 0. The van der Waals surface area contributed by atoms with Crippen LogP contribution in [-0.4, -0.2) is 5.54 Å². The van der Waals surface area contributed by atoms with Gasteiger partial charge in [-0.2, -0.15) is 0 Å². The fourth-order valence-electron chi connectivity index (χ4n) is 3.43. The largest absolute Gasteiger partial charge is 0.325 e. The van der Waals surface area contributed by atoms with E-state index < -0.39 is 0 Å². The summed E-state index contributed by atoms with van der Waals surface area (Å²) in [6, 6.07) is 0. The van der Waals surface area contributed by atoms with E-state index in [0.717, 1.165) is 19.3 Å². The third-order valence-corrected chi connectivity index (χ3v) is 4.53. The normalized spacial score (nSPS) is 29.0. The lowest BCUT2D eigenvalue weighted by Crippen LogP contribution is -2.55. The number of rotatable bonds is 6. The SMILES string of the molecule is CCCC(C)C1(C(C)(N)CCC)C=CC=CC1. The highest BCUT2D eigenvalue weighted by Gasteiger charge is 2.46. The Bertz CT molecular complexity index is 288. The molecule has 1 aliphatic carbocycles. The molecule has 1 aliphatic rings. The Morgan fingerprint density at radius 1 is 1.29 bits per heavy atom. The Kier molecular flexibility index (Phi) is 5.00. The smallest absolute Gasteiger partial charge is 0.0223 e. The molecule has 0 saturated carbocycles. The van der Waals surface area contributed by atoms with Gasteiger partial charge in [-0.3, -0.25) is 0 Å². The average molecular weight is 235 g/mol. The summed E-state index contributed by atoms with van der Waals surface area (Å²) < 4.78 is 0. The fraction of sp³-hybridized carbons (Fsp3) is 0.750. The molecular formula is C16H29N. The van der Waals surface area contributed by atoms with Crippen molar-refractivity contribution in [3.05, 3.63) is 24.3 Å². The van der Waals surface area contributed by atoms with Crippen molar-refractivity contribution in [2.75, 3.05) is 0 Å². The molecular weight excluding hydrogens is 206 g/mol. The quantitative estimate of drug-likeness (QED) is 0.723. The molecule has 0 radical (unpaired) electrons. The molecule has 0 heterocycles. The first-order valence-electron chi connectivity index (χ1n) is 7.13. The predicted molar refractivity (Wildman–Crippen MR) is 76.9 cm³/mol. The van der Waals surface area contributed by atoms with Gasteiger partial charge < -0.3 is 5.73 Å². The summed E-state index contributed by atoms with van der Waals surface area (Å²) in [4.78, 5) is 0. The Balaban J connectivity index is 3.02. The van der Waals surface area contributed by atoms with Crippen LogP contribution in [0.25, 0.3) is 0 Å². The molecule has 0 aliphatic heterocycles. The van der Waals surface area contributed by atoms with Gasteiger partial charge in [0, 0.05) is 11.0 Å². The number of nitrogens with two attached hydrogens (primary N) is 1. The molecule has 2 N–H and O–H groups in total. The third kappa shape index (κ3) is 2.82. The van der Waals surface area contributed by atoms with Gasteiger partial charge in [-0.1, -0.05) is 64.3 Å². The van der Waals surface area contributed by atoms with Crippen LogP contribution in [0.3, 0.4) is 0 Å². The Morgan fingerprint density at radius 3 is 2.47 bits per heavy atom. The van der Waals surface area contributed by atoms with Gasteiger partial charge in [0.05, 0.1) is 0 Å². The zero-order chi connectivity index (χ0) is 12.9. The summed E-state index contributed by atoms with van der Waals surface area (Å²) in [6.45, 7) is 9.10. The van der Waals surface area contributed by atoms with Gasteiger partial charge in [-0.15, -0.1) is 0 Å². The van der Waals surface area contributed by atoms with E-state index >= 15 is 0 Å². The van der Waals surface area contributed by atoms with Crippen LogP contribution < -0.4 is 5.73 Å². The van der Waals surface area contributed by atoms with E-state index in [1.807, 2.05) is 0 Å². The highest BCUT2D eigenvalue weighted by molar-refractivity contribution is 5.23. The average Bonchev–Trinajstić information content (AvgIpc) is 2.30. The van der Waals surface area contributed by atoms with Crippen molar-refractivity contribution < 1.29 is 0 Å². The lowest BCUT2D eigenvalue weighted by molar-refractivity contribution is 0.104. The number of allylic oxidation sites excluding steroid dienone is 3. The lowest BCUT2D eigenvalue weighted by atomic mass is 9.58. The zero-order valence-corrected chi connectivity index (χ0v) is 12.0. The summed E-state index contributed by atoms with van der Waals surface area (Å²) in [5.74, 6) is 0.648. The molecule has 1 heteroatoms. The maximum atomic E-state index is 6.68. The number of hydrogen-bond acceptors (Lipinski definition) is 1. The predicted octanol–water partition coefficient (Wildman–Crippen LogP) is 4.44. The lowest BCUT2D eigenvalue weighted by Gasteiger charge is -2.49. The molecule has 0 fully saturated rings. The van der Waals surface area contributed by atoms with Crippen LogP contribution in [0.5, 0.6) is 0 Å². The summed E-state index contributed by atoms with van der Waals surface area (Å²) in [6.07, 6.45) is 14.9. The fourth-order valence-corrected chi connectivity index (χ4v) is 3.43. The van der Waals surface area contributed by atoms with Crippen molar-refractivity contribution in [1.82, 2.24) is 0 Å². The Labute approximate surface area is 107 Å². The van der Waals surface area contributed by atoms with Crippen LogP contribution >= 0.6 is 0 Å². The van der Waals surface area contributed by atoms with Gasteiger partial charge in [-0.05, 0) is 25.7 Å². The Hall–Kier alpha value is -0.560. The van der Waals surface area contributed by atoms with Crippen LogP contribution in [0.2, 0.25) is 0 Å². The molecule has 17 heavy (non-hydrogen) atoms. The highest BCUT2D eigenvalue weighted by Crippen LogP contribution is 2.47. The van der Waals surface area contributed by atoms with Gasteiger partial charge in [0.2, 0.25) is 0 Å².